The lowest BCUT2D eigenvalue weighted by atomic mass is 9.95. The molecule has 24 heavy (non-hydrogen) atoms. The van der Waals surface area contributed by atoms with Gasteiger partial charge in [-0.25, -0.2) is 0 Å². The van der Waals surface area contributed by atoms with E-state index in [0.717, 1.165) is 11.3 Å². The molecule has 0 unspecified atom stereocenters. The molecule has 3 aromatic rings. The molecule has 3 N–H and O–H groups in total. The molecule has 7 heteroatoms. The molecule has 116 valence electrons. The number of H-pyrrole nitrogens is 1. The van der Waals surface area contributed by atoms with Crippen molar-refractivity contribution in [1.82, 2.24) is 14.8 Å². The van der Waals surface area contributed by atoms with Crippen LogP contribution in [0.5, 0.6) is 0 Å². The monoisotopic (exact) mass is 316 g/mol. The summed E-state index contributed by atoms with van der Waals surface area (Å²) in [7, 11) is 1.81. The Kier molecular flexibility index (Phi) is 3.61. The minimum atomic E-state index is -0.618. The predicted octanol–water partition coefficient (Wildman–Crippen LogP) is 1.77. The number of anilines is 1. The van der Waals surface area contributed by atoms with Crippen LogP contribution in [0.15, 0.2) is 41.3 Å². The average molecular weight is 316 g/mol. The number of aromatic nitrogens is 3. The molecule has 0 aliphatic carbocycles. The number of nitrogens with one attached hydrogen (secondary N) is 1. The molecule has 2 heterocycles. The van der Waals surface area contributed by atoms with Gasteiger partial charge in [-0.15, -0.1) is 0 Å². The fraction of sp³-hybridized carbons (Fsp3) is 0.0588. The van der Waals surface area contributed by atoms with E-state index in [4.69, 9.17) is 5.73 Å². The first-order chi connectivity index (χ1) is 11.5. The highest BCUT2D eigenvalue weighted by molar-refractivity contribution is 5.82. The van der Waals surface area contributed by atoms with Gasteiger partial charge in [-0.05, 0) is 17.7 Å². The lowest BCUT2D eigenvalue weighted by molar-refractivity contribution is 0.771. The Morgan fingerprint density at radius 1 is 1.17 bits per heavy atom. The Morgan fingerprint density at radius 2 is 1.88 bits per heavy atom. The van der Waals surface area contributed by atoms with Crippen LogP contribution in [0.25, 0.3) is 22.4 Å². The average Bonchev–Trinajstić information content (AvgIpc) is 3.01. The molecule has 0 atom stereocenters. The molecule has 2 aromatic heterocycles. The van der Waals surface area contributed by atoms with Crippen LogP contribution in [0.3, 0.4) is 0 Å². The summed E-state index contributed by atoms with van der Waals surface area (Å²) in [5, 5.41) is 23.0. The summed E-state index contributed by atoms with van der Waals surface area (Å²) < 4.78 is 1.68. The quantitative estimate of drug-likeness (QED) is 0.745. The molecule has 0 radical (unpaired) electrons. The molecule has 0 amide bonds. The van der Waals surface area contributed by atoms with E-state index in [1.54, 1.807) is 22.9 Å². The van der Waals surface area contributed by atoms with Gasteiger partial charge in [-0.1, -0.05) is 18.2 Å². The Labute approximate surface area is 137 Å². The highest BCUT2D eigenvalue weighted by Gasteiger charge is 2.18. The molecule has 0 spiro atoms. The third-order valence-corrected chi connectivity index (χ3v) is 3.63. The first kappa shape index (κ1) is 15.1. The van der Waals surface area contributed by atoms with Crippen molar-refractivity contribution in [3.8, 4) is 34.5 Å². The molecule has 0 saturated heterocycles. The lowest BCUT2D eigenvalue weighted by Gasteiger charge is -2.09. The van der Waals surface area contributed by atoms with Crippen molar-refractivity contribution in [1.29, 1.82) is 10.5 Å². The molecule has 0 fully saturated rings. The highest BCUT2D eigenvalue weighted by atomic mass is 16.1. The lowest BCUT2D eigenvalue weighted by Crippen LogP contribution is -2.16. The maximum Gasteiger partial charge on any atom is 0.268 e. The number of hydrogen-bond donors (Lipinski definition) is 2. The number of rotatable bonds is 2. The van der Waals surface area contributed by atoms with Gasteiger partial charge in [0.2, 0.25) is 0 Å². The predicted molar refractivity (Wildman–Crippen MR) is 88.5 cm³/mol. The van der Waals surface area contributed by atoms with Crippen molar-refractivity contribution in [2.24, 2.45) is 7.05 Å². The smallest absolute Gasteiger partial charge is 0.268 e. The SMILES string of the molecule is Cn1ccc(-c2cccc(-c3c(C#N)c(N)[nH]c(=O)c3C#N)c2)n1. The summed E-state index contributed by atoms with van der Waals surface area (Å²) in [6.45, 7) is 0. The van der Waals surface area contributed by atoms with Gasteiger partial charge in [-0.3, -0.25) is 9.48 Å². The molecular weight excluding hydrogens is 304 g/mol. The summed E-state index contributed by atoms with van der Waals surface area (Å²) in [6, 6.07) is 12.8. The summed E-state index contributed by atoms with van der Waals surface area (Å²) in [5.41, 5.74) is 7.40. The van der Waals surface area contributed by atoms with E-state index >= 15 is 0 Å². The van der Waals surface area contributed by atoms with Crippen LogP contribution < -0.4 is 11.3 Å². The van der Waals surface area contributed by atoms with Crippen LogP contribution in [0.4, 0.5) is 5.82 Å². The van der Waals surface area contributed by atoms with Crippen molar-refractivity contribution in [2.45, 2.75) is 0 Å². The third-order valence-electron chi connectivity index (χ3n) is 3.63. The van der Waals surface area contributed by atoms with Crippen LogP contribution in [0, 0.1) is 22.7 Å². The van der Waals surface area contributed by atoms with Crippen LogP contribution in [-0.4, -0.2) is 14.8 Å². The van der Waals surface area contributed by atoms with Crippen molar-refractivity contribution in [3.63, 3.8) is 0 Å². The minimum Gasteiger partial charge on any atom is -0.384 e. The van der Waals surface area contributed by atoms with E-state index in [1.165, 1.54) is 0 Å². The van der Waals surface area contributed by atoms with Crippen LogP contribution in [0.2, 0.25) is 0 Å². The first-order valence-corrected chi connectivity index (χ1v) is 7.01. The number of nitrogens with zero attached hydrogens (tertiary/aromatic N) is 4. The van der Waals surface area contributed by atoms with Gasteiger partial charge >= 0.3 is 0 Å². The molecule has 1 aromatic carbocycles. The summed E-state index contributed by atoms with van der Waals surface area (Å²) in [4.78, 5) is 14.3. The number of hydrogen-bond acceptors (Lipinski definition) is 5. The summed E-state index contributed by atoms with van der Waals surface area (Å²) in [6.07, 6.45) is 1.81. The summed E-state index contributed by atoms with van der Waals surface area (Å²) >= 11 is 0. The van der Waals surface area contributed by atoms with Crippen molar-refractivity contribution in [2.75, 3.05) is 5.73 Å². The number of aromatic amines is 1. The molecule has 0 aliphatic rings. The largest absolute Gasteiger partial charge is 0.384 e. The van der Waals surface area contributed by atoms with Gasteiger partial charge in [0, 0.05) is 24.4 Å². The van der Waals surface area contributed by atoms with E-state index < -0.39 is 5.56 Å². The Balaban J connectivity index is 2.30. The molecule has 7 nitrogen and oxygen atoms in total. The number of nitrogens with two attached hydrogens (primary N) is 1. The zero-order valence-corrected chi connectivity index (χ0v) is 12.7. The van der Waals surface area contributed by atoms with E-state index in [1.807, 2.05) is 37.5 Å². The standard InChI is InChI=1S/C17H12N6O/c1-23-6-5-14(22-23)10-3-2-4-11(7-10)15-12(8-18)16(20)21-17(24)13(15)9-19/h2-7H,1H3,(H3,20,21,24). The number of benzene rings is 1. The Bertz CT molecular complexity index is 1080. The van der Waals surface area contributed by atoms with E-state index in [0.29, 0.717) is 5.56 Å². The topological polar surface area (TPSA) is 124 Å². The van der Waals surface area contributed by atoms with Crippen LogP contribution in [-0.2, 0) is 7.05 Å². The van der Waals surface area contributed by atoms with Gasteiger partial charge < -0.3 is 10.7 Å². The van der Waals surface area contributed by atoms with E-state index in [-0.39, 0.29) is 22.5 Å². The van der Waals surface area contributed by atoms with Gasteiger partial charge in [0.05, 0.1) is 5.69 Å². The Hall–Kier alpha value is -3.84. The third kappa shape index (κ3) is 2.40. The van der Waals surface area contributed by atoms with E-state index in [9.17, 15) is 15.3 Å². The van der Waals surface area contributed by atoms with Crippen molar-refractivity contribution >= 4 is 5.82 Å². The zero-order valence-electron chi connectivity index (χ0n) is 12.7. The molecular formula is C17H12N6O. The minimum absolute atomic E-state index is 0.0558. The highest BCUT2D eigenvalue weighted by Crippen LogP contribution is 2.30. The number of pyridine rings is 1. The number of aryl methyl sites for hydroxylation is 1. The van der Waals surface area contributed by atoms with Gasteiger partial charge in [0.25, 0.3) is 5.56 Å². The van der Waals surface area contributed by atoms with Crippen LogP contribution in [0.1, 0.15) is 11.1 Å². The first-order valence-electron chi connectivity index (χ1n) is 7.01. The number of nitrogen functional groups attached to an aromatic ring is 1. The van der Waals surface area contributed by atoms with Crippen LogP contribution >= 0.6 is 0 Å². The van der Waals surface area contributed by atoms with Gasteiger partial charge in [0.15, 0.2) is 0 Å². The van der Waals surface area contributed by atoms with Crippen molar-refractivity contribution in [3.05, 3.63) is 58.0 Å². The fourth-order valence-electron chi connectivity index (χ4n) is 2.54. The van der Waals surface area contributed by atoms with Crippen molar-refractivity contribution < 1.29 is 0 Å². The Morgan fingerprint density at radius 3 is 2.50 bits per heavy atom. The maximum atomic E-state index is 12.0. The molecule has 0 bridgehead atoms. The van der Waals surface area contributed by atoms with Gasteiger partial charge in [-0.2, -0.15) is 15.6 Å². The fourth-order valence-corrected chi connectivity index (χ4v) is 2.54. The second kappa shape index (κ2) is 5.75. The normalized spacial score (nSPS) is 10.1. The molecule has 0 saturated carbocycles. The van der Waals surface area contributed by atoms with E-state index in [2.05, 4.69) is 10.1 Å². The zero-order chi connectivity index (χ0) is 17.3. The maximum absolute atomic E-state index is 12.0. The number of nitriles is 2. The molecule has 3 rings (SSSR count). The second-order valence-electron chi connectivity index (χ2n) is 5.17. The van der Waals surface area contributed by atoms with Gasteiger partial charge in [0.1, 0.15) is 29.1 Å². The molecule has 0 aliphatic heterocycles. The second-order valence-corrected chi connectivity index (χ2v) is 5.17. The summed E-state index contributed by atoms with van der Waals surface area (Å²) in [5.74, 6) is -0.0558.